The second kappa shape index (κ2) is 16.7. The molecule has 7 aromatic carbocycles. The minimum atomic E-state index is -0.139. The first-order valence-corrected chi connectivity index (χ1v) is 27.3. The van der Waals surface area contributed by atoms with Crippen LogP contribution >= 0.6 is 0 Å². The molecule has 2 aliphatic heterocycles. The topological polar surface area (TPSA) is 33.5 Å². The van der Waals surface area contributed by atoms with Crippen molar-refractivity contribution in [3.8, 4) is 39.6 Å². The Morgan fingerprint density at radius 1 is 0.500 bits per heavy atom. The number of nitrogens with zero attached hydrogens (tertiary/aromatic N) is 4. The predicted molar refractivity (Wildman–Crippen MR) is 287 cm³/mol. The number of hydrogen-bond donors (Lipinski definition) is 0. The van der Waals surface area contributed by atoms with E-state index in [1.165, 1.54) is 76.8 Å². The van der Waals surface area contributed by atoms with E-state index in [1.54, 1.807) is 0 Å². The Labute approximate surface area is 412 Å². The van der Waals surface area contributed by atoms with Gasteiger partial charge in [-0.05, 0) is 57.9 Å². The summed E-state index contributed by atoms with van der Waals surface area (Å²) >= 11 is -0.0953. The Kier molecular flexibility index (Phi) is 10.9. The standard InChI is InChI=1S/C62H60N4OTe/c1-60(2,3)42-30-44(34-46(31-42)67-45-28-29-48-47-24-16-17-25-54(47)66(57(48)35-45)58-36-52(62(7,8)9)51-37-68-38-53(51)63-58)64-39-65(56-27-19-18-26-55(56)64)59-49(40-20-12-10-13-21-40)32-43(61(4,5)6)33-50(59)41-22-14-11-15-23-41/h10-36H,37-39H2,1-9H3. The summed E-state index contributed by atoms with van der Waals surface area (Å²) in [6, 6.07) is 60.1. The number of rotatable bonds is 7. The molecule has 0 aliphatic carbocycles. The first-order valence-electron chi connectivity index (χ1n) is 24.0. The fourth-order valence-electron chi connectivity index (χ4n) is 10.2. The molecule has 0 N–H and O–H groups in total. The van der Waals surface area contributed by atoms with Gasteiger partial charge in [-0.1, -0.05) is 114 Å². The van der Waals surface area contributed by atoms with Crippen LogP contribution in [0.1, 0.15) is 90.3 Å². The summed E-state index contributed by atoms with van der Waals surface area (Å²) in [7, 11) is 0. The molecule has 0 amide bonds. The zero-order valence-electron chi connectivity index (χ0n) is 40.8. The van der Waals surface area contributed by atoms with Crippen LogP contribution < -0.4 is 14.5 Å². The minimum Gasteiger partial charge on any atom is -0.321 e. The van der Waals surface area contributed by atoms with Gasteiger partial charge < -0.3 is 9.80 Å². The third kappa shape index (κ3) is 7.96. The zero-order valence-corrected chi connectivity index (χ0v) is 43.1. The van der Waals surface area contributed by atoms with Gasteiger partial charge in [0.15, 0.2) is 0 Å². The summed E-state index contributed by atoms with van der Waals surface area (Å²) in [4.78, 5) is 10.4. The van der Waals surface area contributed by atoms with Crippen molar-refractivity contribution in [3.63, 3.8) is 0 Å². The van der Waals surface area contributed by atoms with Crippen molar-refractivity contribution in [2.24, 2.45) is 0 Å². The molecule has 11 rings (SSSR count). The number of hydrogen-bond acceptors (Lipinski definition) is 4. The summed E-state index contributed by atoms with van der Waals surface area (Å²) in [5, 5.41) is 2.41. The second-order valence-electron chi connectivity index (χ2n) is 21.7. The number of aromatic nitrogens is 2. The number of para-hydroxylation sites is 3. The third-order valence-corrected chi connectivity index (χ3v) is 16.6. The second-order valence-corrected chi connectivity index (χ2v) is 24.5. The number of anilines is 4. The molecule has 5 nitrogen and oxygen atoms in total. The van der Waals surface area contributed by atoms with Crippen LogP contribution in [0.5, 0.6) is 11.5 Å². The molecular formula is C62H60N4OTe. The van der Waals surface area contributed by atoms with Crippen molar-refractivity contribution in [2.75, 3.05) is 16.5 Å². The fraction of sp³-hybridized carbons (Fsp3) is 0.242. The minimum absolute atomic E-state index is 0.0278. The summed E-state index contributed by atoms with van der Waals surface area (Å²) in [6.45, 7) is 21.5. The van der Waals surface area contributed by atoms with Crippen LogP contribution in [0.15, 0.2) is 164 Å². The van der Waals surface area contributed by atoms with Crippen molar-refractivity contribution in [2.45, 2.75) is 87.5 Å². The van der Waals surface area contributed by atoms with E-state index in [0.29, 0.717) is 6.67 Å². The Bertz CT molecular complexity index is 3330. The molecule has 0 saturated heterocycles. The molecule has 4 heterocycles. The average Bonchev–Trinajstić information content (AvgIpc) is 4.05. The average molecular weight is 1000 g/mol. The molecule has 0 bridgehead atoms. The third-order valence-electron chi connectivity index (χ3n) is 13.8. The SMILES string of the molecule is CC(C)(C)c1cc(Oc2ccc3c4ccccc4n(-c4cc(C(C)(C)C)c5c(n4)C[Te]C5)c3c2)cc(N2CN(c3c(-c4ccccc4)cc(C(C)(C)C)cc3-c3ccccc3)c3ccccc32)c1. The summed E-state index contributed by atoms with van der Waals surface area (Å²) < 4.78 is 11.9. The zero-order chi connectivity index (χ0) is 47.1. The Balaban J connectivity index is 1.04. The van der Waals surface area contributed by atoms with E-state index in [0.717, 1.165) is 44.2 Å². The van der Waals surface area contributed by atoms with E-state index >= 15 is 0 Å². The molecule has 0 spiro atoms. The van der Waals surface area contributed by atoms with E-state index < -0.39 is 0 Å². The number of ether oxygens (including phenoxy) is 1. The van der Waals surface area contributed by atoms with Crippen molar-refractivity contribution in [1.29, 1.82) is 0 Å². The van der Waals surface area contributed by atoms with E-state index in [1.807, 2.05) is 0 Å². The van der Waals surface area contributed by atoms with Gasteiger partial charge in [0.2, 0.25) is 0 Å². The normalized spacial score (nSPS) is 14.0. The summed E-state index contributed by atoms with van der Waals surface area (Å²) in [5.74, 6) is 2.61. The van der Waals surface area contributed by atoms with Crippen LogP contribution in [0.2, 0.25) is 0 Å². The first-order chi connectivity index (χ1) is 32.6. The Hall–Kier alpha value is -6.32. The molecule has 2 aromatic heterocycles. The Morgan fingerprint density at radius 3 is 1.74 bits per heavy atom. The summed E-state index contributed by atoms with van der Waals surface area (Å²) in [6.07, 6.45) is 0. The quantitative estimate of drug-likeness (QED) is 0.149. The van der Waals surface area contributed by atoms with Crippen molar-refractivity contribution in [1.82, 2.24) is 9.55 Å². The molecular weight excluding hydrogens is 944 g/mol. The van der Waals surface area contributed by atoms with Crippen molar-refractivity contribution in [3.05, 3.63) is 192 Å². The molecule has 0 radical (unpaired) electrons. The van der Waals surface area contributed by atoms with Crippen LogP contribution in [0.25, 0.3) is 49.9 Å². The molecule has 6 heteroatoms. The van der Waals surface area contributed by atoms with Gasteiger partial charge in [0, 0.05) is 11.1 Å². The van der Waals surface area contributed by atoms with E-state index in [-0.39, 0.29) is 37.2 Å². The van der Waals surface area contributed by atoms with E-state index in [4.69, 9.17) is 9.72 Å². The van der Waals surface area contributed by atoms with Gasteiger partial charge in [-0.2, -0.15) is 0 Å². The number of benzene rings is 7. The molecule has 2 aliphatic rings. The maximum absolute atomic E-state index is 7.09. The van der Waals surface area contributed by atoms with Gasteiger partial charge in [-0.15, -0.1) is 0 Å². The van der Waals surface area contributed by atoms with Gasteiger partial charge in [0.1, 0.15) is 6.67 Å². The van der Waals surface area contributed by atoms with Crippen LogP contribution in [0.3, 0.4) is 0 Å². The summed E-state index contributed by atoms with van der Waals surface area (Å²) in [5.41, 5.74) is 18.3. The molecule has 340 valence electrons. The van der Waals surface area contributed by atoms with Crippen LogP contribution in [0, 0.1) is 0 Å². The van der Waals surface area contributed by atoms with Crippen LogP contribution in [-0.4, -0.2) is 37.1 Å². The van der Waals surface area contributed by atoms with Gasteiger partial charge in [0.25, 0.3) is 0 Å². The van der Waals surface area contributed by atoms with Crippen molar-refractivity contribution >= 4 is 65.5 Å². The molecule has 0 saturated carbocycles. The fourth-order valence-corrected chi connectivity index (χ4v) is 13.2. The van der Waals surface area contributed by atoms with E-state index in [2.05, 4.69) is 240 Å². The van der Waals surface area contributed by atoms with Gasteiger partial charge in [-0.25, -0.2) is 0 Å². The molecule has 9 aromatic rings. The van der Waals surface area contributed by atoms with Crippen molar-refractivity contribution < 1.29 is 4.74 Å². The first kappa shape index (κ1) is 44.2. The number of pyridine rings is 1. The maximum atomic E-state index is 7.09. The molecule has 0 atom stereocenters. The van der Waals surface area contributed by atoms with Gasteiger partial charge in [-0.3, -0.25) is 0 Å². The smallest absolute Gasteiger partial charge is 0.321 e. The Morgan fingerprint density at radius 2 is 1.09 bits per heavy atom. The van der Waals surface area contributed by atoms with Crippen LogP contribution in [0.4, 0.5) is 22.7 Å². The van der Waals surface area contributed by atoms with E-state index in [9.17, 15) is 0 Å². The molecule has 0 fully saturated rings. The van der Waals surface area contributed by atoms with Gasteiger partial charge >= 0.3 is 198 Å². The monoisotopic (exact) mass is 1010 g/mol. The van der Waals surface area contributed by atoms with Crippen LogP contribution in [-0.2, 0) is 25.2 Å². The molecule has 0 unspecified atom stereocenters. The number of fused-ring (bicyclic) bond motifs is 5. The predicted octanol–water partition coefficient (Wildman–Crippen LogP) is 16.2. The molecule has 68 heavy (non-hydrogen) atoms. The van der Waals surface area contributed by atoms with Gasteiger partial charge in [0.05, 0.1) is 17.1 Å².